The van der Waals surface area contributed by atoms with Crippen molar-refractivity contribution in [2.45, 2.75) is 52.9 Å². The van der Waals surface area contributed by atoms with E-state index in [1.54, 1.807) is 41.6 Å². The Morgan fingerprint density at radius 1 is 0.717 bits per heavy atom. The molecule has 0 radical (unpaired) electrons. The van der Waals surface area contributed by atoms with Gasteiger partial charge in [-0.2, -0.15) is 0 Å². The van der Waals surface area contributed by atoms with Crippen LogP contribution in [0.1, 0.15) is 33.3 Å². The van der Waals surface area contributed by atoms with E-state index in [4.69, 9.17) is 37.6 Å². The zero-order chi connectivity index (χ0) is 32.9. The molecule has 2 aromatic heterocycles. The summed E-state index contributed by atoms with van der Waals surface area (Å²) in [4.78, 5) is 14.0. The van der Waals surface area contributed by atoms with Gasteiger partial charge in [0, 0.05) is 40.1 Å². The van der Waals surface area contributed by atoms with E-state index < -0.39 is 5.63 Å². The topological polar surface area (TPSA) is 99.8 Å². The Bertz CT molecular complexity index is 2020. The summed E-state index contributed by atoms with van der Waals surface area (Å²) in [5.74, 6) is 3.81. The van der Waals surface area contributed by atoms with E-state index in [9.17, 15) is 4.79 Å². The van der Waals surface area contributed by atoms with Crippen molar-refractivity contribution in [3.05, 3.63) is 52.4 Å². The van der Waals surface area contributed by atoms with Gasteiger partial charge in [-0.25, -0.2) is 4.79 Å². The van der Waals surface area contributed by atoms with Crippen molar-refractivity contribution >= 4 is 21.9 Å². The second-order valence-electron chi connectivity index (χ2n) is 11.6. The second-order valence-corrected chi connectivity index (χ2v) is 11.6. The molecular formula is C36H39NO9. The minimum Gasteiger partial charge on any atom is -0.493 e. The van der Waals surface area contributed by atoms with Gasteiger partial charge in [-0.05, 0) is 63.9 Å². The summed E-state index contributed by atoms with van der Waals surface area (Å²) < 4.78 is 49.1. The maximum absolute atomic E-state index is 14.0. The lowest BCUT2D eigenvalue weighted by Gasteiger charge is -2.25. The quantitative estimate of drug-likeness (QED) is 0.148. The Hall–Kier alpha value is -4.99. The minimum absolute atomic E-state index is 0.0953. The van der Waals surface area contributed by atoms with E-state index in [0.717, 1.165) is 33.3 Å². The Kier molecular flexibility index (Phi) is 8.14. The summed E-state index contributed by atoms with van der Waals surface area (Å²) in [6.45, 7) is 8.28. The molecule has 6 rings (SSSR count). The SMILES string of the molecule is COc1ccc(-c2c3n(c4c(=O)oc5cc(OC(C)C)c(OC)cc5c24)CCc2c-3cc(OC)c(OC)c2OC)cc1OC(C)C. The monoisotopic (exact) mass is 629 g/mol. The largest absolute Gasteiger partial charge is 0.493 e. The van der Waals surface area contributed by atoms with Crippen LogP contribution in [0, 0.1) is 0 Å². The van der Waals surface area contributed by atoms with Crippen LogP contribution in [-0.4, -0.2) is 52.3 Å². The molecule has 0 unspecified atom stereocenters. The molecule has 242 valence electrons. The fraction of sp³-hybridized carbons (Fsp3) is 0.361. The first-order valence-corrected chi connectivity index (χ1v) is 15.2. The first-order valence-electron chi connectivity index (χ1n) is 15.2. The van der Waals surface area contributed by atoms with Crippen LogP contribution >= 0.6 is 0 Å². The van der Waals surface area contributed by atoms with Crippen molar-refractivity contribution in [3.63, 3.8) is 0 Å². The smallest absolute Gasteiger partial charge is 0.361 e. The predicted molar refractivity (Wildman–Crippen MR) is 177 cm³/mol. The van der Waals surface area contributed by atoms with Crippen LogP contribution in [0.2, 0.25) is 0 Å². The van der Waals surface area contributed by atoms with Gasteiger partial charge in [0.2, 0.25) is 5.75 Å². The molecule has 0 amide bonds. The number of aryl methyl sites for hydroxylation is 1. The molecule has 0 saturated carbocycles. The molecule has 10 nitrogen and oxygen atoms in total. The van der Waals surface area contributed by atoms with Crippen LogP contribution in [0.3, 0.4) is 0 Å². The highest BCUT2D eigenvalue weighted by Gasteiger charge is 2.33. The molecule has 46 heavy (non-hydrogen) atoms. The molecule has 1 aliphatic rings. The second kappa shape index (κ2) is 12.1. The molecule has 5 aromatic rings. The van der Waals surface area contributed by atoms with Crippen LogP contribution in [0.15, 0.2) is 45.6 Å². The molecule has 0 spiro atoms. The first-order chi connectivity index (χ1) is 22.1. The van der Waals surface area contributed by atoms with Crippen LogP contribution < -0.4 is 38.8 Å². The number of nitrogens with zero attached hydrogens (tertiary/aromatic N) is 1. The van der Waals surface area contributed by atoms with Gasteiger partial charge in [-0.15, -0.1) is 0 Å². The summed E-state index contributed by atoms with van der Waals surface area (Å²) in [5, 5.41) is 1.42. The van der Waals surface area contributed by atoms with E-state index in [1.807, 2.05) is 62.6 Å². The van der Waals surface area contributed by atoms with E-state index in [0.29, 0.717) is 69.7 Å². The predicted octanol–water partition coefficient (Wildman–Crippen LogP) is 7.26. The average molecular weight is 630 g/mol. The van der Waals surface area contributed by atoms with Crippen molar-refractivity contribution in [3.8, 4) is 62.6 Å². The Balaban J connectivity index is 1.81. The maximum Gasteiger partial charge on any atom is 0.361 e. The van der Waals surface area contributed by atoms with Crippen molar-refractivity contribution in [1.82, 2.24) is 4.57 Å². The summed E-state index contributed by atoms with van der Waals surface area (Å²) >= 11 is 0. The molecule has 0 fully saturated rings. The third kappa shape index (κ3) is 4.92. The van der Waals surface area contributed by atoms with E-state index in [-0.39, 0.29) is 12.2 Å². The summed E-state index contributed by atoms with van der Waals surface area (Å²) in [5.41, 5.74) is 4.63. The molecule has 0 N–H and O–H groups in total. The molecule has 0 saturated heterocycles. The lowest BCUT2D eigenvalue weighted by molar-refractivity contribution is 0.230. The summed E-state index contributed by atoms with van der Waals surface area (Å²) in [6.07, 6.45) is 0.375. The molecule has 3 aromatic carbocycles. The van der Waals surface area contributed by atoms with Crippen LogP contribution in [0.4, 0.5) is 0 Å². The number of benzene rings is 3. The van der Waals surface area contributed by atoms with Crippen molar-refractivity contribution < 1.29 is 37.6 Å². The number of hydrogen-bond donors (Lipinski definition) is 0. The molecule has 0 atom stereocenters. The Morgan fingerprint density at radius 3 is 1.98 bits per heavy atom. The number of rotatable bonds is 10. The minimum atomic E-state index is -0.460. The normalized spacial score (nSPS) is 12.3. The lowest BCUT2D eigenvalue weighted by Crippen LogP contribution is -2.16. The zero-order valence-corrected chi connectivity index (χ0v) is 27.7. The van der Waals surface area contributed by atoms with Crippen molar-refractivity contribution in [2.75, 3.05) is 35.5 Å². The lowest BCUT2D eigenvalue weighted by atomic mass is 9.91. The third-order valence-corrected chi connectivity index (χ3v) is 8.15. The Labute approximate surface area is 267 Å². The highest BCUT2D eigenvalue weighted by molar-refractivity contribution is 6.17. The molecular weight excluding hydrogens is 590 g/mol. The zero-order valence-electron chi connectivity index (χ0n) is 27.7. The number of aromatic nitrogens is 1. The molecule has 3 heterocycles. The molecule has 0 bridgehead atoms. The van der Waals surface area contributed by atoms with Gasteiger partial charge < -0.3 is 42.1 Å². The number of fused-ring (bicyclic) bond motifs is 7. The van der Waals surface area contributed by atoms with Gasteiger partial charge in [0.05, 0.1) is 53.5 Å². The fourth-order valence-electron chi connectivity index (χ4n) is 6.43. The number of methoxy groups -OCH3 is 5. The maximum atomic E-state index is 14.0. The number of ether oxygens (including phenoxy) is 7. The highest BCUT2D eigenvalue weighted by Crippen LogP contribution is 2.53. The van der Waals surface area contributed by atoms with E-state index in [1.165, 1.54) is 0 Å². The highest BCUT2D eigenvalue weighted by atomic mass is 16.5. The van der Waals surface area contributed by atoms with Crippen LogP contribution in [0.5, 0.6) is 40.2 Å². The van der Waals surface area contributed by atoms with Gasteiger partial charge in [0.25, 0.3) is 0 Å². The first kappa shape index (κ1) is 31.0. The molecule has 0 aliphatic carbocycles. The van der Waals surface area contributed by atoms with Gasteiger partial charge in [0.15, 0.2) is 34.5 Å². The van der Waals surface area contributed by atoms with Gasteiger partial charge in [-0.1, -0.05) is 6.07 Å². The number of hydrogen-bond acceptors (Lipinski definition) is 9. The van der Waals surface area contributed by atoms with E-state index >= 15 is 0 Å². The van der Waals surface area contributed by atoms with Gasteiger partial charge in [-0.3, -0.25) is 0 Å². The third-order valence-electron chi connectivity index (χ3n) is 8.15. The standard InChI is InChI=1S/C36H39NO9/c1-18(2)44-27-14-20(10-11-24(27)39-5)30-31-23-16-26(40-6)28(45-19(3)4)17-25(23)46-36(38)33(31)37-13-12-21-22(32(30)37)15-29(41-7)35(43-9)34(21)42-8/h10-11,14-19H,12-13H2,1-9H3. The average Bonchev–Trinajstić information content (AvgIpc) is 3.39. The van der Waals surface area contributed by atoms with Crippen LogP contribution in [-0.2, 0) is 13.0 Å². The molecule has 10 heteroatoms. The van der Waals surface area contributed by atoms with Crippen molar-refractivity contribution in [1.29, 1.82) is 0 Å². The fourth-order valence-corrected chi connectivity index (χ4v) is 6.43. The van der Waals surface area contributed by atoms with E-state index in [2.05, 4.69) is 0 Å². The summed E-state index contributed by atoms with van der Waals surface area (Å²) in [7, 11) is 8.01. The van der Waals surface area contributed by atoms with Gasteiger partial charge in [0.1, 0.15) is 11.1 Å². The van der Waals surface area contributed by atoms with Gasteiger partial charge >= 0.3 is 5.63 Å². The van der Waals surface area contributed by atoms with Crippen molar-refractivity contribution in [2.24, 2.45) is 0 Å². The van der Waals surface area contributed by atoms with Crippen LogP contribution in [0.25, 0.3) is 44.3 Å². The summed E-state index contributed by atoms with van der Waals surface area (Å²) in [6, 6.07) is 11.3. The Morgan fingerprint density at radius 2 is 1.37 bits per heavy atom. The molecule has 1 aliphatic heterocycles.